The summed E-state index contributed by atoms with van der Waals surface area (Å²) in [6.45, 7) is 0.313. The van der Waals surface area contributed by atoms with Gasteiger partial charge in [0.2, 0.25) is 0 Å². The van der Waals surface area contributed by atoms with Crippen molar-refractivity contribution in [3.63, 3.8) is 0 Å². The van der Waals surface area contributed by atoms with Gasteiger partial charge in [0.1, 0.15) is 5.82 Å². The molecule has 0 aliphatic heterocycles. The topological polar surface area (TPSA) is 20.3 Å². The second-order valence-corrected chi connectivity index (χ2v) is 6.14. The van der Waals surface area contributed by atoms with Gasteiger partial charge in [-0.3, -0.25) is 4.79 Å². The Morgan fingerprint density at radius 1 is 1.29 bits per heavy atom. The Morgan fingerprint density at radius 2 is 2.00 bits per heavy atom. The van der Waals surface area contributed by atoms with Crippen LogP contribution in [0.1, 0.15) is 15.9 Å². The predicted molar refractivity (Wildman–Crippen MR) is 86.4 cm³/mol. The number of carbonyl (C=O) groups excluding carboxylic acids is 1. The minimum atomic E-state index is -0.410. The lowest BCUT2D eigenvalue weighted by Gasteiger charge is -2.18. The molecule has 2 rings (SSSR count). The second kappa shape index (κ2) is 6.77. The van der Waals surface area contributed by atoms with Crippen LogP contribution in [0.15, 0.2) is 40.9 Å². The first-order valence-electron chi connectivity index (χ1n) is 6.03. The zero-order valence-electron chi connectivity index (χ0n) is 11.0. The van der Waals surface area contributed by atoms with Crippen LogP contribution < -0.4 is 0 Å². The fourth-order valence-electron chi connectivity index (χ4n) is 1.85. The molecule has 0 N–H and O–H groups in total. The summed E-state index contributed by atoms with van der Waals surface area (Å²) >= 11 is 15.1. The molecule has 6 heteroatoms. The summed E-state index contributed by atoms with van der Waals surface area (Å²) in [4.78, 5) is 13.8. The smallest absolute Gasteiger partial charge is 0.253 e. The van der Waals surface area contributed by atoms with Gasteiger partial charge in [-0.25, -0.2) is 4.39 Å². The molecule has 0 spiro atoms. The van der Waals surface area contributed by atoms with Gasteiger partial charge in [-0.05, 0) is 45.8 Å². The molecular weight excluding hydrogens is 380 g/mol. The summed E-state index contributed by atoms with van der Waals surface area (Å²) in [6, 6.07) is 9.41. The molecule has 0 aliphatic carbocycles. The molecule has 110 valence electrons. The average Bonchev–Trinajstić information content (AvgIpc) is 2.46. The highest BCUT2D eigenvalue weighted by molar-refractivity contribution is 9.10. The molecule has 2 aromatic rings. The van der Waals surface area contributed by atoms with Crippen LogP contribution in [-0.4, -0.2) is 17.9 Å². The molecule has 0 fully saturated rings. The Kier molecular flexibility index (Phi) is 5.25. The van der Waals surface area contributed by atoms with Crippen molar-refractivity contribution in [2.45, 2.75) is 6.54 Å². The highest BCUT2D eigenvalue weighted by Crippen LogP contribution is 2.26. The largest absolute Gasteiger partial charge is 0.337 e. The van der Waals surface area contributed by atoms with Gasteiger partial charge in [-0.1, -0.05) is 35.3 Å². The third-order valence-electron chi connectivity index (χ3n) is 2.95. The maximum atomic E-state index is 13.2. The van der Waals surface area contributed by atoms with Crippen molar-refractivity contribution in [1.82, 2.24) is 4.90 Å². The van der Waals surface area contributed by atoms with Crippen molar-refractivity contribution in [3.05, 3.63) is 67.9 Å². The first-order valence-corrected chi connectivity index (χ1v) is 7.58. The summed E-state index contributed by atoms with van der Waals surface area (Å²) in [5.74, 6) is -0.640. The molecule has 0 heterocycles. The van der Waals surface area contributed by atoms with E-state index >= 15 is 0 Å². The Balaban J connectivity index is 2.19. The van der Waals surface area contributed by atoms with E-state index in [-0.39, 0.29) is 10.4 Å². The number of hydrogen-bond donors (Lipinski definition) is 0. The van der Waals surface area contributed by atoms with E-state index in [0.717, 1.165) is 5.56 Å². The van der Waals surface area contributed by atoms with Crippen LogP contribution in [0.4, 0.5) is 4.39 Å². The van der Waals surface area contributed by atoms with Crippen molar-refractivity contribution in [1.29, 1.82) is 0 Å². The molecule has 0 saturated carbocycles. The van der Waals surface area contributed by atoms with Crippen LogP contribution in [0.3, 0.4) is 0 Å². The molecule has 2 aromatic carbocycles. The SMILES string of the molecule is CN(Cc1cccc(Cl)c1Cl)C(=O)c1ccc(F)c(Br)c1. The average molecular weight is 391 g/mol. The number of benzene rings is 2. The van der Waals surface area contributed by atoms with Crippen molar-refractivity contribution >= 4 is 45.0 Å². The second-order valence-electron chi connectivity index (χ2n) is 4.50. The minimum absolute atomic E-state index is 0.230. The van der Waals surface area contributed by atoms with Gasteiger partial charge >= 0.3 is 0 Å². The summed E-state index contributed by atoms with van der Waals surface area (Å²) in [5, 5.41) is 0.874. The summed E-state index contributed by atoms with van der Waals surface area (Å²) in [5.41, 5.74) is 1.14. The van der Waals surface area contributed by atoms with E-state index < -0.39 is 5.82 Å². The summed E-state index contributed by atoms with van der Waals surface area (Å²) < 4.78 is 13.5. The highest BCUT2D eigenvalue weighted by Gasteiger charge is 2.15. The van der Waals surface area contributed by atoms with Crippen molar-refractivity contribution in [3.8, 4) is 0 Å². The number of amides is 1. The quantitative estimate of drug-likeness (QED) is 0.708. The van der Waals surface area contributed by atoms with Crippen LogP contribution in [0.25, 0.3) is 0 Å². The number of halogens is 4. The first-order chi connectivity index (χ1) is 9.90. The minimum Gasteiger partial charge on any atom is -0.337 e. The lowest BCUT2D eigenvalue weighted by molar-refractivity contribution is 0.0785. The van der Waals surface area contributed by atoms with E-state index in [0.29, 0.717) is 22.2 Å². The normalized spacial score (nSPS) is 10.5. The molecule has 21 heavy (non-hydrogen) atoms. The zero-order chi connectivity index (χ0) is 15.6. The number of hydrogen-bond acceptors (Lipinski definition) is 1. The maximum Gasteiger partial charge on any atom is 0.253 e. The molecule has 0 radical (unpaired) electrons. The number of rotatable bonds is 3. The molecule has 0 saturated heterocycles. The Morgan fingerprint density at radius 3 is 2.67 bits per heavy atom. The van der Waals surface area contributed by atoms with Crippen LogP contribution in [0, 0.1) is 5.82 Å². The molecule has 0 aromatic heterocycles. The lowest BCUT2D eigenvalue weighted by Crippen LogP contribution is -2.26. The monoisotopic (exact) mass is 389 g/mol. The standard InChI is InChI=1S/C15H11BrCl2FNO/c1-20(8-10-3-2-4-12(17)14(10)18)15(21)9-5-6-13(19)11(16)7-9/h2-7H,8H2,1H3. The van der Waals surface area contributed by atoms with Gasteiger partial charge in [0.05, 0.1) is 14.5 Å². The van der Waals surface area contributed by atoms with E-state index in [4.69, 9.17) is 23.2 Å². The van der Waals surface area contributed by atoms with Crippen molar-refractivity contribution in [2.24, 2.45) is 0 Å². The third kappa shape index (κ3) is 3.76. The summed E-state index contributed by atoms with van der Waals surface area (Å²) in [7, 11) is 1.65. The van der Waals surface area contributed by atoms with Crippen molar-refractivity contribution < 1.29 is 9.18 Å². The molecular formula is C15H11BrCl2FNO. The molecule has 0 unspecified atom stereocenters. The summed E-state index contributed by atoms with van der Waals surface area (Å²) in [6.07, 6.45) is 0. The van der Waals surface area contributed by atoms with E-state index in [1.165, 1.54) is 23.1 Å². The van der Waals surface area contributed by atoms with Gasteiger partial charge < -0.3 is 4.90 Å². The number of carbonyl (C=O) groups is 1. The van der Waals surface area contributed by atoms with Gasteiger partial charge in [0.15, 0.2) is 0 Å². The van der Waals surface area contributed by atoms with Crippen LogP contribution in [0.5, 0.6) is 0 Å². The van der Waals surface area contributed by atoms with Gasteiger partial charge in [-0.15, -0.1) is 0 Å². The molecule has 2 nitrogen and oxygen atoms in total. The molecule has 0 bridgehead atoms. The first kappa shape index (κ1) is 16.3. The fourth-order valence-corrected chi connectivity index (χ4v) is 2.61. The molecule has 0 aliphatic rings. The van der Waals surface area contributed by atoms with E-state index in [1.54, 1.807) is 25.2 Å². The van der Waals surface area contributed by atoms with E-state index in [2.05, 4.69) is 15.9 Å². The zero-order valence-corrected chi connectivity index (χ0v) is 14.1. The fraction of sp³-hybridized carbons (Fsp3) is 0.133. The third-order valence-corrected chi connectivity index (χ3v) is 4.42. The van der Waals surface area contributed by atoms with Crippen molar-refractivity contribution in [2.75, 3.05) is 7.05 Å². The van der Waals surface area contributed by atoms with Crippen LogP contribution in [-0.2, 0) is 6.54 Å². The molecule has 0 atom stereocenters. The molecule has 1 amide bonds. The Hall–Kier alpha value is -1.10. The Bertz CT molecular complexity index is 693. The van der Waals surface area contributed by atoms with Crippen LogP contribution >= 0.6 is 39.1 Å². The highest BCUT2D eigenvalue weighted by atomic mass is 79.9. The van der Waals surface area contributed by atoms with E-state index in [1.807, 2.05) is 0 Å². The van der Waals surface area contributed by atoms with Gasteiger partial charge in [0, 0.05) is 19.2 Å². The van der Waals surface area contributed by atoms with Gasteiger partial charge in [0.25, 0.3) is 5.91 Å². The van der Waals surface area contributed by atoms with Gasteiger partial charge in [-0.2, -0.15) is 0 Å². The lowest BCUT2D eigenvalue weighted by atomic mass is 10.1. The Labute approximate surface area is 140 Å². The predicted octanol–water partition coefficient (Wildman–Crippen LogP) is 5.17. The van der Waals surface area contributed by atoms with E-state index in [9.17, 15) is 9.18 Å². The maximum absolute atomic E-state index is 13.2. The van der Waals surface area contributed by atoms with Crippen LogP contribution in [0.2, 0.25) is 10.0 Å². The number of nitrogens with zero attached hydrogens (tertiary/aromatic N) is 1.